The van der Waals surface area contributed by atoms with Gasteiger partial charge in [0.15, 0.2) is 5.96 Å². The zero-order valence-corrected chi connectivity index (χ0v) is 16.4. The predicted molar refractivity (Wildman–Crippen MR) is 99.8 cm³/mol. The van der Waals surface area contributed by atoms with Crippen LogP contribution in [0.5, 0.6) is 0 Å². The largest absolute Gasteiger partial charge is 0.361 e. The molecule has 0 fully saturated rings. The van der Waals surface area contributed by atoms with Crippen molar-refractivity contribution < 1.29 is 4.52 Å². The van der Waals surface area contributed by atoms with Crippen LogP contribution in [0.3, 0.4) is 0 Å². The highest BCUT2D eigenvalue weighted by Gasteiger charge is 2.15. The average Bonchev–Trinajstić information content (AvgIpc) is 3.07. The van der Waals surface area contributed by atoms with Gasteiger partial charge in [-0.25, -0.2) is 0 Å². The number of hydrogen-bond acceptors (Lipinski definition) is 4. The normalized spacial score (nSPS) is 12.1. The Labute approximate surface area is 150 Å². The van der Waals surface area contributed by atoms with Gasteiger partial charge in [0.25, 0.3) is 0 Å². The minimum absolute atomic E-state index is 0.402. The fraction of sp³-hybridized carbons (Fsp3) is 0.611. The maximum Gasteiger partial charge on any atom is 0.193 e. The van der Waals surface area contributed by atoms with E-state index in [2.05, 4.69) is 45.5 Å². The molecule has 7 nitrogen and oxygen atoms in total. The van der Waals surface area contributed by atoms with E-state index in [-0.39, 0.29) is 0 Å². The molecule has 0 spiro atoms. The number of rotatable bonds is 6. The fourth-order valence-corrected chi connectivity index (χ4v) is 3.04. The zero-order chi connectivity index (χ0) is 18.6. The van der Waals surface area contributed by atoms with Crippen LogP contribution in [0.1, 0.15) is 48.0 Å². The topological polar surface area (TPSA) is 71.5 Å². The summed E-state index contributed by atoms with van der Waals surface area (Å²) in [5.41, 5.74) is 4.49. The molecule has 0 amide bonds. The smallest absolute Gasteiger partial charge is 0.193 e. The van der Waals surface area contributed by atoms with Crippen molar-refractivity contribution in [2.24, 2.45) is 12.0 Å². The Hall–Kier alpha value is -2.31. The average molecular weight is 346 g/mol. The van der Waals surface area contributed by atoms with E-state index in [0.29, 0.717) is 5.92 Å². The van der Waals surface area contributed by atoms with Gasteiger partial charge < -0.3 is 14.7 Å². The van der Waals surface area contributed by atoms with Crippen LogP contribution in [0.15, 0.2) is 15.7 Å². The lowest BCUT2D eigenvalue weighted by Crippen LogP contribution is -2.39. The van der Waals surface area contributed by atoms with Crippen LogP contribution < -0.4 is 5.32 Å². The van der Waals surface area contributed by atoms with E-state index < -0.39 is 0 Å². The molecule has 2 rings (SSSR count). The van der Waals surface area contributed by atoms with Gasteiger partial charge in [-0.05, 0) is 26.2 Å². The summed E-state index contributed by atoms with van der Waals surface area (Å²) in [4.78, 5) is 6.52. The molecule has 0 bridgehead atoms. The van der Waals surface area contributed by atoms with Gasteiger partial charge in [0.2, 0.25) is 0 Å². The van der Waals surface area contributed by atoms with Gasteiger partial charge in [-0.1, -0.05) is 19.0 Å². The fourth-order valence-electron chi connectivity index (χ4n) is 3.04. The van der Waals surface area contributed by atoms with Crippen LogP contribution in [0.4, 0.5) is 0 Å². The highest BCUT2D eigenvalue weighted by Crippen LogP contribution is 2.18. The number of guanidine groups is 1. The van der Waals surface area contributed by atoms with E-state index in [1.54, 1.807) is 7.05 Å². The molecule has 2 aromatic rings. The summed E-state index contributed by atoms with van der Waals surface area (Å²) in [6.07, 6.45) is 2.95. The summed E-state index contributed by atoms with van der Waals surface area (Å²) in [6, 6.07) is 0. The van der Waals surface area contributed by atoms with Gasteiger partial charge >= 0.3 is 0 Å². The van der Waals surface area contributed by atoms with E-state index in [9.17, 15) is 0 Å². The molecule has 0 aliphatic carbocycles. The second-order valence-corrected chi connectivity index (χ2v) is 6.75. The van der Waals surface area contributed by atoms with Crippen LogP contribution in [0, 0.1) is 13.8 Å². The number of aromatic nitrogens is 3. The first kappa shape index (κ1) is 19.0. The highest BCUT2D eigenvalue weighted by atomic mass is 16.5. The van der Waals surface area contributed by atoms with Gasteiger partial charge in [0.05, 0.1) is 11.4 Å². The van der Waals surface area contributed by atoms with Gasteiger partial charge in [0.1, 0.15) is 5.76 Å². The Morgan fingerprint density at radius 1 is 1.40 bits per heavy atom. The monoisotopic (exact) mass is 346 g/mol. The first-order chi connectivity index (χ1) is 11.8. The Morgan fingerprint density at radius 2 is 2.12 bits per heavy atom. The number of aliphatic imine (C=N–C) groups is 1. The molecule has 0 aliphatic rings. The number of nitrogens with one attached hydrogen (secondary N) is 1. The molecule has 0 saturated carbocycles. The summed E-state index contributed by atoms with van der Waals surface area (Å²) >= 11 is 0. The number of nitrogens with zero attached hydrogens (tertiary/aromatic N) is 5. The molecule has 0 saturated heterocycles. The predicted octanol–water partition coefficient (Wildman–Crippen LogP) is 2.40. The molecule has 7 heteroatoms. The molecule has 0 atom stereocenters. The molecule has 2 heterocycles. The lowest BCUT2D eigenvalue weighted by atomic mass is 10.1. The summed E-state index contributed by atoms with van der Waals surface area (Å²) in [5, 5.41) is 12.0. The molecule has 1 N–H and O–H groups in total. The van der Waals surface area contributed by atoms with Crippen LogP contribution in [-0.4, -0.2) is 46.4 Å². The van der Waals surface area contributed by atoms with Crippen molar-refractivity contribution in [3.8, 4) is 0 Å². The van der Waals surface area contributed by atoms with Crippen molar-refractivity contribution in [2.75, 3.05) is 20.6 Å². The SMILES string of the molecule is CN=C(NCCc1c(C)noc1C)N(C)Cc1cn(C)nc1C(C)C. The lowest BCUT2D eigenvalue weighted by molar-refractivity contribution is 0.392. The van der Waals surface area contributed by atoms with Gasteiger partial charge in [-0.2, -0.15) is 5.10 Å². The molecule has 2 aromatic heterocycles. The van der Waals surface area contributed by atoms with Crippen molar-refractivity contribution in [1.29, 1.82) is 0 Å². The summed E-state index contributed by atoms with van der Waals surface area (Å²) < 4.78 is 7.10. The van der Waals surface area contributed by atoms with Gasteiger partial charge in [0, 0.05) is 51.6 Å². The van der Waals surface area contributed by atoms with E-state index in [1.807, 2.05) is 32.6 Å². The minimum atomic E-state index is 0.402. The maximum absolute atomic E-state index is 5.22. The Kier molecular flexibility index (Phi) is 6.22. The van der Waals surface area contributed by atoms with Crippen LogP contribution in [0.25, 0.3) is 0 Å². The zero-order valence-electron chi connectivity index (χ0n) is 16.4. The molecular formula is C18H30N6O. The molecule has 25 heavy (non-hydrogen) atoms. The Bertz CT molecular complexity index is 709. The van der Waals surface area contributed by atoms with Crippen LogP contribution in [0.2, 0.25) is 0 Å². The van der Waals surface area contributed by atoms with Crippen LogP contribution in [-0.2, 0) is 20.0 Å². The second-order valence-electron chi connectivity index (χ2n) is 6.75. The molecule has 0 aliphatic heterocycles. The van der Waals surface area contributed by atoms with E-state index in [1.165, 1.54) is 11.1 Å². The molecule has 0 unspecified atom stereocenters. The second kappa shape index (κ2) is 8.18. The van der Waals surface area contributed by atoms with Crippen molar-refractivity contribution in [3.05, 3.63) is 34.5 Å². The third kappa shape index (κ3) is 4.61. The number of hydrogen-bond donors (Lipinski definition) is 1. The van der Waals surface area contributed by atoms with Gasteiger partial charge in [-0.3, -0.25) is 9.67 Å². The van der Waals surface area contributed by atoms with Crippen molar-refractivity contribution in [2.45, 2.75) is 46.6 Å². The first-order valence-electron chi connectivity index (χ1n) is 8.69. The molecular weight excluding hydrogens is 316 g/mol. The Morgan fingerprint density at radius 3 is 2.68 bits per heavy atom. The lowest BCUT2D eigenvalue weighted by Gasteiger charge is -2.22. The molecule has 138 valence electrons. The quantitative estimate of drug-likeness (QED) is 0.642. The van der Waals surface area contributed by atoms with Crippen molar-refractivity contribution in [1.82, 2.24) is 25.2 Å². The highest BCUT2D eigenvalue weighted by molar-refractivity contribution is 5.79. The third-order valence-electron chi connectivity index (χ3n) is 4.30. The van der Waals surface area contributed by atoms with Crippen LogP contribution >= 0.6 is 0 Å². The van der Waals surface area contributed by atoms with E-state index >= 15 is 0 Å². The van der Waals surface area contributed by atoms with Gasteiger partial charge in [-0.15, -0.1) is 0 Å². The third-order valence-corrected chi connectivity index (χ3v) is 4.30. The molecule has 0 radical (unpaired) electrons. The Balaban J connectivity index is 1.96. The van der Waals surface area contributed by atoms with E-state index in [0.717, 1.165) is 42.6 Å². The van der Waals surface area contributed by atoms with Crippen molar-refractivity contribution >= 4 is 5.96 Å². The summed E-state index contributed by atoms with van der Waals surface area (Å²) in [6.45, 7) is 9.82. The summed E-state index contributed by atoms with van der Waals surface area (Å²) in [7, 11) is 5.82. The minimum Gasteiger partial charge on any atom is -0.361 e. The maximum atomic E-state index is 5.22. The standard InChI is InChI=1S/C18H30N6O/c1-12(2)17-15(11-24(7)21-17)10-23(6)18(19-5)20-9-8-16-13(3)22-25-14(16)4/h11-12H,8-10H2,1-7H3,(H,19,20). The van der Waals surface area contributed by atoms with E-state index in [4.69, 9.17) is 4.52 Å². The first-order valence-corrected chi connectivity index (χ1v) is 8.69. The molecule has 0 aromatic carbocycles. The number of aryl methyl sites for hydroxylation is 3. The van der Waals surface area contributed by atoms with Crippen molar-refractivity contribution in [3.63, 3.8) is 0 Å². The summed E-state index contributed by atoms with van der Waals surface area (Å²) in [5.74, 6) is 2.16.